The number of carbonyl (C=O) groups excluding carboxylic acids is 3. The van der Waals surface area contributed by atoms with E-state index in [1.165, 1.54) is 4.90 Å². The molecule has 5 nitrogen and oxygen atoms in total. The number of allylic oxidation sites excluding steroid dienone is 2. The van der Waals surface area contributed by atoms with Gasteiger partial charge in [-0.05, 0) is 37.0 Å². The number of amides is 3. The average Bonchev–Trinajstić information content (AvgIpc) is 2.86. The lowest BCUT2D eigenvalue weighted by Crippen LogP contribution is -2.62. The third-order valence-corrected chi connectivity index (χ3v) is 6.48. The number of hydrogen-bond acceptors (Lipinski definition) is 3. The van der Waals surface area contributed by atoms with E-state index >= 15 is 0 Å². The van der Waals surface area contributed by atoms with E-state index in [1.54, 1.807) is 23.1 Å². The number of imide groups is 1. The minimum Gasteiger partial charge on any atom is -0.338 e. The number of fused-ring (bicyclic) bond motifs is 1. The Morgan fingerprint density at radius 1 is 1.00 bits per heavy atom. The molecule has 0 saturated carbocycles. The van der Waals surface area contributed by atoms with Crippen LogP contribution in [0.25, 0.3) is 0 Å². The molecule has 4 rings (SSSR count). The van der Waals surface area contributed by atoms with Crippen molar-refractivity contribution in [2.75, 3.05) is 13.1 Å². The molecule has 2 fully saturated rings. The highest BCUT2D eigenvalue weighted by Gasteiger charge is 2.52. The van der Waals surface area contributed by atoms with Gasteiger partial charge in [-0.3, -0.25) is 19.3 Å². The molecule has 2 atom stereocenters. The first-order valence-electron chi connectivity index (χ1n) is 9.20. The zero-order valence-corrected chi connectivity index (χ0v) is 16.2. The second kappa shape index (κ2) is 7.28. The van der Waals surface area contributed by atoms with E-state index in [4.69, 9.17) is 23.2 Å². The molecule has 0 radical (unpaired) electrons. The fraction of sp³-hybridized carbons (Fsp3) is 0.450. The molecule has 3 amide bonds. The highest BCUT2D eigenvalue weighted by molar-refractivity contribution is 6.36. The van der Waals surface area contributed by atoms with Gasteiger partial charge in [-0.25, -0.2) is 0 Å². The summed E-state index contributed by atoms with van der Waals surface area (Å²) in [5, 5.41) is 1.11. The van der Waals surface area contributed by atoms with E-state index in [0.29, 0.717) is 48.8 Å². The van der Waals surface area contributed by atoms with E-state index in [1.807, 2.05) is 12.2 Å². The van der Waals surface area contributed by atoms with Crippen LogP contribution in [0.5, 0.6) is 0 Å². The Hall–Kier alpha value is -1.85. The first-order chi connectivity index (χ1) is 13.0. The van der Waals surface area contributed by atoms with Gasteiger partial charge in [-0.1, -0.05) is 41.4 Å². The minimum absolute atomic E-state index is 0.0135. The molecular weight excluding hydrogens is 387 g/mol. The third kappa shape index (κ3) is 3.27. The average molecular weight is 407 g/mol. The molecule has 2 unspecified atom stereocenters. The van der Waals surface area contributed by atoms with Crippen molar-refractivity contribution in [3.05, 3.63) is 46.0 Å². The van der Waals surface area contributed by atoms with E-state index < -0.39 is 0 Å². The zero-order chi connectivity index (χ0) is 19.1. The Kier molecular flexibility index (Phi) is 4.99. The maximum absolute atomic E-state index is 12.6. The molecule has 1 aromatic carbocycles. The largest absolute Gasteiger partial charge is 0.338 e. The molecule has 0 N–H and O–H groups in total. The van der Waals surface area contributed by atoms with Crippen LogP contribution in [0.2, 0.25) is 10.0 Å². The Morgan fingerprint density at radius 2 is 1.56 bits per heavy atom. The van der Waals surface area contributed by atoms with E-state index in [-0.39, 0.29) is 35.6 Å². The molecule has 142 valence electrons. The normalized spacial score (nSPS) is 25.0. The predicted octanol–water partition coefficient (Wildman–Crippen LogP) is 3.09. The molecule has 3 aliphatic rings. The summed E-state index contributed by atoms with van der Waals surface area (Å²) in [5.74, 6) is -0.590. The summed E-state index contributed by atoms with van der Waals surface area (Å²) in [6, 6.07) is 5.09. The number of nitrogens with zero attached hydrogens (tertiary/aromatic N) is 2. The Bertz CT molecular complexity index is 786. The second-order valence-electron chi connectivity index (χ2n) is 7.36. The monoisotopic (exact) mass is 406 g/mol. The molecule has 1 aliphatic carbocycles. The van der Waals surface area contributed by atoms with Crippen LogP contribution in [0.1, 0.15) is 24.8 Å². The fourth-order valence-corrected chi connectivity index (χ4v) is 4.76. The van der Waals surface area contributed by atoms with Gasteiger partial charge >= 0.3 is 0 Å². The van der Waals surface area contributed by atoms with Crippen LogP contribution >= 0.6 is 23.2 Å². The van der Waals surface area contributed by atoms with E-state index in [0.717, 1.165) is 5.56 Å². The van der Waals surface area contributed by atoms with Gasteiger partial charge in [0.2, 0.25) is 17.7 Å². The SMILES string of the molecule is O=C(CCc1c(Cl)cccc1Cl)N1CC(N2C(=O)C3CC=CCC3C2=O)C1. The molecule has 7 heteroatoms. The summed E-state index contributed by atoms with van der Waals surface area (Å²) < 4.78 is 0. The molecule has 2 heterocycles. The number of rotatable bonds is 4. The number of halogens is 2. The highest BCUT2D eigenvalue weighted by atomic mass is 35.5. The van der Waals surface area contributed by atoms with Gasteiger partial charge in [0, 0.05) is 29.6 Å². The lowest BCUT2D eigenvalue weighted by Gasteiger charge is -2.43. The molecule has 0 aromatic heterocycles. The van der Waals surface area contributed by atoms with Crippen LogP contribution in [0.4, 0.5) is 0 Å². The summed E-state index contributed by atoms with van der Waals surface area (Å²) in [4.78, 5) is 40.7. The van der Waals surface area contributed by atoms with Crippen LogP contribution in [-0.4, -0.2) is 46.7 Å². The van der Waals surface area contributed by atoms with Crippen molar-refractivity contribution in [2.24, 2.45) is 11.8 Å². The summed E-state index contributed by atoms with van der Waals surface area (Å²) >= 11 is 12.3. The van der Waals surface area contributed by atoms with Crippen LogP contribution in [0, 0.1) is 11.8 Å². The van der Waals surface area contributed by atoms with Gasteiger partial charge in [0.05, 0.1) is 17.9 Å². The number of hydrogen-bond donors (Lipinski definition) is 0. The quantitative estimate of drug-likeness (QED) is 0.570. The lowest BCUT2D eigenvalue weighted by molar-refractivity contribution is -0.152. The zero-order valence-electron chi connectivity index (χ0n) is 14.7. The smallest absolute Gasteiger partial charge is 0.233 e. The van der Waals surface area contributed by atoms with Crippen molar-refractivity contribution < 1.29 is 14.4 Å². The van der Waals surface area contributed by atoms with Gasteiger partial charge in [0.1, 0.15) is 0 Å². The van der Waals surface area contributed by atoms with E-state index in [9.17, 15) is 14.4 Å². The van der Waals surface area contributed by atoms with Gasteiger partial charge in [-0.2, -0.15) is 0 Å². The lowest BCUT2D eigenvalue weighted by atomic mass is 9.85. The molecular formula is C20H20Cl2N2O3. The van der Waals surface area contributed by atoms with Crippen LogP contribution in [-0.2, 0) is 20.8 Å². The van der Waals surface area contributed by atoms with Crippen molar-refractivity contribution in [3.63, 3.8) is 0 Å². The standard InChI is InChI=1S/C20H20Cl2N2O3/c21-16-6-3-7-17(22)15(16)8-9-18(25)23-10-12(11-23)24-19(26)13-4-1-2-5-14(13)20(24)27/h1-3,6-7,12-14H,4-5,8-11H2. The first-order valence-corrected chi connectivity index (χ1v) is 9.95. The highest BCUT2D eigenvalue weighted by Crippen LogP contribution is 2.37. The first kappa shape index (κ1) is 18.5. The third-order valence-electron chi connectivity index (χ3n) is 5.77. The number of likely N-dealkylation sites (tertiary alicyclic amines) is 2. The topological polar surface area (TPSA) is 57.7 Å². The van der Waals surface area contributed by atoms with Gasteiger partial charge in [0.15, 0.2) is 0 Å². The van der Waals surface area contributed by atoms with E-state index in [2.05, 4.69) is 0 Å². The number of carbonyl (C=O) groups is 3. The Labute approximate surface area is 167 Å². The number of benzene rings is 1. The van der Waals surface area contributed by atoms with Crippen molar-refractivity contribution in [2.45, 2.75) is 31.7 Å². The predicted molar refractivity (Wildman–Crippen MR) is 102 cm³/mol. The van der Waals surface area contributed by atoms with Crippen LogP contribution in [0.15, 0.2) is 30.4 Å². The Balaban J connectivity index is 1.32. The van der Waals surface area contributed by atoms with Crippen LogP contribution < -0.4 is 0 Å². The molecule has 27 heavy (non-hydrogen) atoms. The Morgan fingerprint density at radius 3 is 2.11 bits per heavy atom. The van der Waals surface area contributed by atoms with Gasteiger partial charge < -0.3 is 4.90 Å². The van der Waals surface area contributed by atoms with Crippen molar-refractivity contribution in [3.8, 4) is 0 Å². The summed E-state index contributed by atoms with van der Waals surface area (Å²) in [6.07, 6.45) is 6.00. The van der Waals surface area contributed by atoms with Crippen molar-refractivity contribution in [1.29, 1.82) is 0 Å². The molecule has 2 saturated heterocycles. The fourth-order valence-electron chi connectivity index (χ4n) is 4.17. The van der Waals surface area contributed by atoms with Gasteiger partial charge in [-0.15, -0.1) is 0 Å². The summed E-state index contributed by atoms with van der Waals surface area (Å²) in [6.45, 7) is 0.832. The summed E-state index contributed by atoms with van der Waals surface area (Å²) in [5.41, 5.74) is 0.771. The minimum atomic E-state index is -0.213. The van der Waals surface area contributed by atoms with Crippen molar-refractivity contribution in [1.82, 2.24) is 9.80 Å². The van der Waals surface area contributed by atoms with Crippen LogP contribution in [0.3, 0.4) is 0 Å². The summed E-state index contributed by atoms with van der Waals surface area (Å²) in [7, 11) is 0. The molecule has 0 spiro atoms. The maximum Gasteiger partial charge on any atom is 0.233 e. The molecule has 0 bridgehead atoms. The second-order valence-corrected chi connectivity index (χ2v) is 8.17. The molecule has 1 aromatic rings. The molecule has 2 aliphatic heterocycles. The maximum atomic E-state index is 12.6. The van der Waals surface area contributed by atoms with Crippen molar-refractivity contribution >= 4 is 40.9 Å². The van der Waals surface area contributed by atoms with Gasteiger partial charge in [0.25, 0.3) is 0 Å².